The fraction of sp³-hybridized carbons (Fsp3) is 0.500. The molecule has 1 fully saturated rings. The third-order valence-electron chi connectivity index (χ3n) is 0.969. The van der Waals surface area contributed by atoms with Gasteiger partial charge in [-0.2, -0.15) is 0 Å². The summed E-state index contributed by atoms with van der Waals surface area (Å²) in [6, 6.07) is 0. The van der Waals surface area contributed by atoms with Gasteiger partial charge in [0.2, 0.25) is 5.91 Å². The predicted octanol–water partition coefficient (Wildman–Crippen LogP) is -0.711. The molecule has 1 aliphatic heterocycles. The van der Waals surface area contributed by atoms with Crippen molar-refractivity contribution in [3.8, 4) is 0 Å². The summed E-state index contributed by atoms with van der Waals surface area (Å²) in [5.41, 5.74) is 0. The van der Waals surface area contributed by atoms with Crippen molar-refractivity contribution in [1.29, 1.82) is 0 Å². The molecule has 1 heterocycles. The van der Waals surface area contributed by atoms with Crippen molar-refractivity contribution in [2.24, 2.45) is 0 Å². The third-order valence-corrected chi connectivity index (χ3v) is 1.91. The van der Waals surface area contributed by atoms with Gasteiger partial charge in [-0.15, -0.1) is 12.6 Å². The highest BCUT2D eigenvalue weighted by molar-refractivity contribution is 7.86. The van der Waals surface area contributed by atoms with Crippen LogP contribution < -0.4 is 10.6 Å². The van der Waals surface area contributed by atoms with Crippen molar-refractivity contribution in [2.75, 3.05) is 6.54 Å². The van der Waals surface area contributed by atoms with Crippen LogP contribution in [-0.2, 0) is 4.79 Å². The molecule has 0 aromatic rings. The molecule has 0 spiro atoms. The number of carbonyl (C=O) groups excluding carboxylic acids is 1. The van der Waals surface area contributed by atoms with E-state index < -0.39 is 0 Å². The van der Waals surface area contributed by atoms with E-state index in [0.29, 0.717) is 4.99 Å². The summed E-state index contributed by atoms with van der Waals surface area (Å²) < 4.78 is 0. The number of rotatable bonds is 0. The summed E-state index contributed by atoms with van der Waals surface area (Å²) >= 11 is 8.76. The lowest BCUT2D eigenvalue weighted by Gasteiger charge is -2.20. The van der Waals surface area contributed by atoms with Gasteiger partial charge >= 0.3 is 0 Å². The molecule has 0 aliphatic carbocycles. The summed E-state index contributed by atoms with van der Waals surface area (Å²) in [6.45, 7) is 0.274. The van der Waals surface area contributed by atoms with Gasteiger partial charge in [0.25, 0.3) is 0 Å². The maximum atomic E-state index is 10.5. The number of thiocarbonyl (C=S) groups is 1. The lowest BCUT2D eigenvalue weighted by atomic mass is 10.4. The van der Waals surface area contributed by atoms with Gasteiger partial charge in [-0.05, 0) is 0 Å². The zero-order chi connectivity index (χ0) is 6.85. The Morgan fingerprint density at radius 3 is 2.89 bits per heavy atom. The van der Waals surface area contributed by atoms with Crippen LogP contribution in [0.4, 0.5) is 0 Å². The minimum atomic E-state index is -0.304. The second-order valence-corrected chi connectivity index (χ2v) is 2.64. The number of amides is 1. The van der Waals surface area contributed by atoms with E-state index in [4.69, 9.17) is 12.2 Å². The Morgan fingerprint density at radius 2 is 2.44 bits per heavy atom. The predicted molar refractivity (Wildman–Crippen MR) is 41.5 cm³/mol. The maximum absolute atomic E-state index is 10.5. The van der Waals surface area contributed by atoms with Crippen LogP contribution in [0.1, 0.15) is 0 Å². The first kappa shape index (κ1) is 6.82. The van der Waals surface area contributed by atoms with Crippen LogP contribution in [0.25, 0.3) is 0 Å². The first-order chi connectivity index (χ1) is 4.20. The number of nitrogens with one attached hydrogen (secondary N) is 2. The van der Waals surface area contributed by atoms with E-state index in [2.05, 4.69) is 23.3 Å². The lowest BCUT2D eigenvalue weighted by Crippen LogP contribution is -2.52. The van der Waals surface area contributed by atoms with E-state index in [-0.39, 0.29) is 17.8 Å². The molecule has 1 amide bonds. The molecule has 9 heavy (non-hydrogen) atoms. The SMILES string of the molecule is O=C1CNC(=S)C(S)N1. The zero-order valence-electron chi connectivity index (χ0n) is 4.55. The van der Waals surface area contributed by atoms with Gasteiger partial charge in [-0.3, -0.25) is 4.79 Å². The molecular formula is C4H6N2OS2. The van der Waals surface area contributed by atoms with Crippen molar-refractivity contribution < 1.29 is 4.79 Å². The highest BCUT2D eigenvalue weighted by atomic mass is 32.1. The molecular weight excluding hydrogens is 156 g/mol. The standard InChI is InChI=1S/C4H6N2OS2/c7-2-1-5-3(8)4(9)6-2/h4,9H,1H2,(H,5,8)(H,6,7). The molecule has 50 valence electrons. The number of piperazine rings is 1. The van der Waals surface area contributed by atoms with Crippen LogP contribution >= 0.6 is 24.8 Å². The van der Waals surface area contributed by atoms with Crippen molar-refractivity contribution in [3.05, 3.63) is 0 Å². The molecule has 3 nitrogen and oxygen atoms in total. The smallest absolute Gasteiger partial charge is 0.240 e. The molecule has 1 unspecified atom stereocenters. The average molecular weight is 162 g/mol. The van der Waals surface area contributed by atoms with Gasteiger partial charge in [0.05, 0.1) is 6.54 Å². The Morgan fingerprint density at radius 1 is 1.78 bits per heavy atom. The Hall–Kier alpha value is -0.290. The number of hydrogen-bond acceptors (Lipinski definition) is 3. The van der Waals surface area contributed by atoms with E-state index in [1.165, 1.54) is 0 Å². The normalized spacial score (nSPS) is 27.0. The second kappa shape index (κ2) is 2.53. The van der Waals surface area contributed by atoms with E-state index in [1.807, 2.05) is 0 Å². The quantitative estimate of drug-likeness (QED) is 0.325. The van der Waals surface area contributed by atoms with Crippen molar-refractivity contribution in [1.82, 2.24) is 10.6 Å². The largest absolute Gasteiger partial charge is 0.368 e. The molecule has 1 saturated heterocycles. The van der Waals surface area contributed by atoms with Gasteiger partial charge in [-0.1, -0.05) is 12.2 Å². The molecule has 0 bridgehead atoms. The lowest BCUT2D eigenvalue weighted by molar-refractivity contribution is -0.120. The first-order valence-corrected chi connectivity index (χ1v) is 3.38. The minimum absolute atomic E-state index is 0.0661. The van der Waals surface area contributed by atoms with Crippen LogP contribution in [0.15, 0.2) is 0 Å². The van der Waals surface area contributed by atoms with E-state index >= 15 is 0 Å². The molecule has 1 rings (SSSR count). The second-order valence-electron chi connectivity index (χ2n) is 1.69. The highest BCUT2D eigenvalue weighted by Crippen LogP contribution is 1.95. The summed E-state index contributed by atoms with van der Waals surface area (Å²) in [5.74, 6) is -0.0661. The minimum Gasteiger partial charge on any atom is -0.368 e. The van der Waals surface area contributed by atoms with Crippen molar-refractivity contribution in [2.45, 2.75) is 5.37 Å². The van der Waals surface area contributed by atoms with Gasteiger partial charge in [0.15, 0.2) is 0 Å². The Bertz CT molecular complexity index is 159. The molecule has 0 saturated carbocycles. The number of hydrogen-bond donors (Lipinski definition) is 3. The number of thiol groups is 1. The molecule has 5 heteroatoms. The summed E-state index contributed by atoms with van der Waals surface area (Å²) in [6.07, 6.45) is 0. The van der Waals surface area contributed by atoms with Crippen molar-refractivity contribution >= 4 is 35.7 Å². The van der Waals surface area contributed by atoms with Crippen LogP contribution in [0, 0.1) is 0 Å². The average Bonchev–Trinajstić information content (AvgIpc) is 1.80. The third kappa shape index (κ3) is 1.56. The Labute approximate surface area is 63.6 Å². The van der Waals surface area contributed by atoms with Gasteiger partial charge in [0, 0.05) is 0 Å². The van der Waals surface area contributed by atoms with Gasteiger partial charge < -0.3 is 10.6 Å². The van der Waals surface area contributed by atoms with Crippen LogP contribution in [0.2, 0.25) is 0 Å². The molecule has 1 aliphatic rings. The molecule has 1 atom stereocenters. The molecule has 0 radical (unpaired) electrons. The van der Waals surface area contributed by atoms with Crippen LogP contribution in [-0.4, -0.2) is 22.8 Å². The van der Waals surface area contributed by atoms with E-state index in [1.54, 1.807) is 0 Å². The maximum Gasteiger partial charge on any atom is 0.240 e. The van der Waals surface area contributed by atoms with Gasteiger partial charge in [0.1, 0.15) is 10.4 Å². The summed E-state index contributed by atoms with van der Waals surface area (Å²) in [5, 5.41) is 4.97. The first-order valence-electron chi connectivity index (χ1n) is 2.45. The molecule has 0 aromatic carbocycles. The fourth-order valence-electron chi connectivity index (χ4n) is 0.533. The van der Waals surface area contributed by atoms with Crippen molar-refractivity contribution in [3.63, 3.8) is 0 Å². The highest BCUT2D eigenvalue weighted by Gasteiger charge is 2.17. The Kier molecular flexibility index (Phi) is 1.92. The van der Waals surface area contributed by atoms with Crippen LogP contribution in [0.3, 0.4) is 0 Å². The monoisotopic (exact) mass is 162 g/mol. The topological polar surface area (TPSA) is 41.1 Å². The zero-order valence-corrected chi connectivity index (χ0v) is 6.26. The van der Waals surface area contributed by atoms with E-state index in [0.717, 1.165) is 0 Å². The van der Waals surface area contributed by atoms with Crippen LogP contribution in [0.5, 0.6) is 0 Å². The summed E-state index contributed by atoms with van der Waals surface area (Å²) in [7, 11) is 0. The molecule has 2 N–H and O–H groups in total. The number of carbonyl (C=O) groups is 1. The van der Waals surface area contributed by atoms with E-state index in [9.17, 15) is 4.79 Å². The Balaban J connectivity index is 2.54. The van der Waals surface area contributed by atoms with Gasteiger partial charge in [-0.25, -0.2) is 0 Å². The summed E-state index contributed by atoms with van der Waals surface area (Å²) in [4.78, 5) is 11.1. The fourth-order valence-corrected chi connectivity index (χ4v) is 0.900. The molecule has 0 aromatic heterocycles.